The molecule has 0 amide bonds. The minimum Gasteiger partial charge on any atom is -0.326 e. The predicted molar refractivity (Wildman–Crippen MR) is 97.3 cm³/mol. The van der Waals surface area contributed by atoms with E-state index in [1.54, 1.807) is 0 Å². The molecule has 2 rings (SSSR count). The van der Waals surface area contributed by atoms with Crippen LogP contribution in [-0.2, 0) is 0 Å². The number of allylic oxidation sites excluding steroid dienone is 1. The van der Waals surface area contributed by atoms with Crippen LogP contribution in [0.1, 0.15) is 40.2 Å². The van der Waals surface area contributed by atoms with Gasteiger partial charge in [-0.05, 0) is 28.7 Å². The Morgan fingerprint density at radius 3 is 1.90 bits per heavy atom. The summed E-state index contributed by atoms with van der Waals surface area (Å²) in [5, 5.41) is 0. The molecule has 1 heteroatoms. The van der Waals surface area contributed by atoms with Crippen LogP contribution in [0.4, 0.5) is 0 Å². The molecule has 0 aliphatic rings. The van der Waals surface area contributed by atoms with Crippen LogP contribution in [0.25, 0.3) is 16.7 Å². The van der Waals surface area contributed by atoms with E-state index in [2.05, 4.69) is 61.5 Å². The summed E-state index contributed by atoms with van der Waals surface area (Å²) in [4.78, 5) is 0. The smallest absolute Gasteiger partial charge is 0.0180 e. The van der Waals surface area contributed by atoms with Gasteiger partial charge >= 0.3 is 0 Å². The third-order valence-corrected chi connectivity index (χ3v) is 3.03. The van der Waals surface area contributed by atoms with E-state index in [4.69, 9.17) is 5.73 Å². The Balaban J connectivity index is 0.00000128. The number of benzene rings is 2. The van der Waals surface area contributed by atoms with Gasteiger partial charge in [-0.3, -0.25) is 0 Å². The molecule has 21 heavy (non-hydrogen) atoms. The van der Waals surface area contributed by atoms with E-state index in [1.807, 2.05) is 19.9 Å². The van der Waals surface area contributed by atoms with Crippen molar-refractivity contribution >= 4 is 5.57 Å². The molecule has 0 atom stereocenters. The first-order valence-corrected chi connectivity index (χ1v) is 7.40. The molecule has 2 N–H and O–H groups in total. The Labute approximate surface area is 130 Å². The maximum Gasteiger partial charge on any atom is 0.0180 e. The van der Waals surface area contributed by atoms with Crippen molar-refractivity contribution < 1.29 is 0 Å². The lowest BCUT2D eigenvalue weighted by Gasteiger charge is -2.07. The highest BCUT2D eigenvalue weighted by Crippen LogP contribution is 2.22. The van der Waals surface area contributed by atoms with Crippen molar-refractivity contribution in [1.82, 2.24) is 0 Å². The predicted octanol–water partition coefficient (Wildman–Crippen LogP) is 5.77. The quantitative estimate of drug-likeness (QED) is 0.757. The van der Waals surface area contributed by atoms with Crippen LogP contribution in [-0.4, -0.2) is 6.54 Å². The Bertz CT molecular complexity index is 509. The molecule has 0 aliphatic carbocycles. The zero-order valence-corrected chi connectivity index (χ0v) is 12.8. The van der Waals surface area contributed by atoms with Crippen molar-refractivity contribution in [3.8, 4) is 11.1 Å². The molecular formula is C20H29N. The van der Waals surface area contributed by atoms with Crippen molar-refractivity contribution in [2.45, 2.75) is 34.6 Å². The van der Waals surface area contributed by atoms with Crippen LogP contribution in [0.15, 0.2) is 60.7 Å². The molecule has 0 fully saturated rings. The summed E-state index contributed by atoms with van der Waals surface area (Å²) in [6, 6.07) is 19.0. The van der Waals surface area contributed by atoms with E-state index in [1.165, 1.54) is 22.3 Å². The summed E-state index contributed by atoms with van der Waals surface area (Å²) < 4.78 is 0. The van der Waals surface area contributed by atoms with Gasteiger partial charge in [-0.1, -0.05) is 88.9 Å². The zero-order valence-electron chi connectivity index (χ0n) is 12.8. The monoisotopic (exact) mass is 283 g/mol. The van der Waals surface area contributed by atoms with Crippen molar-refractivity contribution in [2.24, 2.45) is 5.73 Å². The fourth-order valence-corrected chi connectivity index (χ4v) is 2.07. The van der Waals surface area contributed by atoms with Crippen LogP contribution in [0, 0.1) is 0 Å². The third-order valence-electron chi connectivity index (χ3n) is 3.03. The Kier molecular flexibility index (Phi) is 9.91. The largest absolute Gasteiger partial charge is 0.326 e. The van der Waals surface area contributed by atoms with E-state index in [9.17, 15) is 0 Å². The van der Waals surface area contributed by atoms with Gasteiger partial charge < -0.3 is 5.73 Å². The van der Waals surface area contributed by atoms with Gasteiger partial charge in [0.1, 0.15) is 0 Å². The average Bonchev–Trinajstić information content (AvgIpc) is 2.55. The van der Waals surface area contributed by atoms with Crippen LogP contribution >= 0.6 is 0 Å². The third kappa shape index (κ3) is 5.57. The lowest BCUT2D eigenvalue weighted by Crippen LogP contribution is -2.02. The van der Waals surface area contributed by atoms with Crippen LogP contribution in [0.2, 0.25) is 0 Å². The number of hydrogen-bond acceptors (Lipinski definition) is 1. The standard InChI is InChI=1S/C17H19N.C2H6.CH4/c1-2-6-17(13-18)16-11-9-15(10-12-16)14-7-4-3-5-8-14;1-2;/h3-12H,2,13,18H2,1H3;1-2H3;1H4/b17-6+;;. The topological polar surface area (TPSA) is 26.0 Å². The maximum absolute atomic E-state index is 5.77. The normalized spacial score (nSPS) is 10.2. The molecule has 2 aromatic rings. The minimum absolute atomic E-state index is 0. The second-order valence-corrected chi connectivity index (χ2v) is 4.29. The summed E-state index contributed by atoms with van der Waals surface area (Å²) >= 11 is 0. The molecule has 0 aliphatic heterocycles. The fraction of sp³-hybridized carbons (Fsp3) is 0.300. The SMILES string of the molecule is C.CC.CC/C=C(\CN)c1ccc(-c2ccccc2)cc1. The van der Waals surface area contributed by atoms with Crippen molar-refractivity contribution in [3.63, 3.8) is 0 Å². The number of nitrogens with two attached hydrogens (primary N) is 1. The minimum atomic E-state index is 0. The first-order chi connectivity index (χ1) is 9.85. The van der Waals surface area contributed by atoms with Crippen molar-refractivity contribution in [2.75, 3.05) is 6.54 Å². The molecular weight excluding hydrogens is 254 g/mol. The van der Waals surface area contributed by atoms with E-state index < -0.39 is 0 Å². The molecule has 0 aromatic heterocycles. The zero-order chi connectivity index (χ0) is 14.8. The molecule has 0 unspecified atom stereocenters. The molecule has 2 aromatic carbocycles. The van der Waals surface area contributed by atoms with Crippen LogP contribution in [0.5, 0.6) is 0 Å². The summed E-state index contributed by atoms with van der Waals surface area (Å²) in [5.74, 6) is 0. The van der Waals surface area contributed by atoms with Crippen molar-refractivity contribution in [3.05, 3.63) is 66.2 Å². The second kappa shape index (κ2) is 10.9. The highest BCUT2D eigenvalue weighted by Gasteiger charge is 2.00. The van der Waals surface area contributed by atoms with Gasteiger partial charge in [0.05, 0.1) is 0 Å². The Morgan fingerprint density at radius 2 is 1.43 bits per heavy atom. The van der Waals surface area contributed by atoms with Gasteiger partial charge in [-0.15, -0.1) is 0 Å². The highest BCUT2D eigenvalue weighted by atomic mass is 14.5. The lowest BCUT2D eigenvalue weighted by molar-refractivity contribution is 1.18. The van der Waals surface area contributed by atoms with E-state index >= 15 is 0 Å². The summed E-state index contributed by atoms with van der Waals surface area (Å²) in [6.07, 6.45) is 3.21. The molecule has 0 spiro atoms. The van der Waals surface area contributed by atoms with Gasteiger partial charge in [-0.25, -0.2) is 0 Å². The Morgan fingerprint density at radius 1 is 0.905 bits per heavy atom. The highest BCUT2D eigenvalue weighted by molar-refractivity contribution is 5.71. The summed E-state index contributed by atoms with van der Waals surface area (Å²) in [5.41, 5.74) is 10.7. The molecule has 0 saturated carbocycles. The summed E-state index contributed by atoms with van der Waals surface area (Å²) in [6.45, 7) is 6.73. The van der Waals surface area contributed by atoms with Gasteiger partial charge in [0.15, 0.2) is 0 Å². The fourth-order valence-electron chi connectivity index (χ4n) is 2.07. The second-order valence-electron chi connectivity index (χ2n) is 4.29. The average molecular weight is 283 g/mol. The molecule has 0 saturated heterocycles. The maximum atomic E-state index is 5.77. The van der Waals surface area contributed by atoms with Gasteiger partial charge in [0.25, 0.3) is 0 Å². The molecule has 0 bridgehead atoms. The first kappa shape index (κ1) is 19.1. The first-order valence-electron chi connectivity index (χ1n) is 7.40. The summed E-state index contributed by atoms with van der Waals surface area (Å²) in [7, 11) is 0. The van der Waals surface area contributed by atoms with Gasteiger partial charge in [-0.2, -0.15) is 0 Å². The lowest BCUT2D eigenvalue weighted by atomic mass is 10.00. The van der Waals surface area contributed by atoms with E-state index in [-0.39, 0.29) is 7.43 Å². The van der Waals surface area contributed by atoms with Crippen molar-refractivity contribution in [1.29, 1.82) is 0 Å². The van der Waals surface area contributed by atoms with E-state index in [0.717, 1.165) is 6.42 Å². The molecule has 0 radical (unpaired) electrons. The number of hydrogen-bond donors (Lipinski definition) is 1. The molecule has 1 nitrogen and oxygen atoms in total. The van der Waals surface area contributed by atoms with Gasteiger partial charge in [0, 0.05) is 6.54 Å². The van der Waals surface area contributed by atoms with E-state index in [0.29, 0.717) is 6.54 Å². The molecule has 0 heterocycles. The molecule has 114 valence electrons. The van der Waals surface area contributed by atoms with Gasteiger partial charge in [0.2, 0.25) is 0 Å². The van der Waals surface area contributed by atoms with Crippen LogP contribution in [0.3, 0.4) is 0 Å². The van der Waals surface area contributed by atoms with Crippen LogP contribution < -0.4 is 5.73 Å². The Hall–Kier alpha value is -1.86. The number of rotatable bonds is 4.